The summed E-state index contributed by atoms with van der Waals surface area (Å²) >= 11 is 0. The van der Waals surface area contributed by atoms with Gasteiger partial charge in [-0.2, -0.15) is 13.2 Å². The Labute approximate surface area is 133 Å². The third-order valence-corrected chi connectivity index (χ3v) is 2.96. The van der Waals surface area contributed by atoms with Crippen molar-refractivity contribution in [3.63, 3.8) is 0 Å². The molecule has 10 heteroatoms. The van der Waals surface area contributed by atoms with Crippen molar-refractivity contribution in [1.29, 1.82) is 0 Å². The number of para-hydroxylation sites is 1. The van der Waals surface area contributed by atoms with Crippen molar-refractivity contribution in [2.24, 2.45) is 0 Å². The average molecular weight is 340 g/mol. The molecule has 2 aromatic rings. The van der Waals surface area contributed by atoms with Crippen LogP contribution in [-0.2, 0) is 6.54 Å². The van der Waals surface area contributed by atoms with E-state index in [1.165, 1.54) is 36.7 Å². The van der Waals surface area contributed by atoms with E-state index < -0.39 is 35.9 Å². The lowest BCUT2D eigenvalue weighted by Crippen LogP contribution is -2.39. The Bertz CT molecular complexity index is 738. The van der Waals surface area contributed by atoms with Crippen LogP contribution < -0.4 is 0 Å². The van der Waals surface area contributed by atoms with Gasteiger partial charge in [0.15, 0.2) is 0 Å². The first-order chi connectivity index (χ1) is 11.3. The molecule has 1 heterocycles. The highest BCUT2D eigenvalue weighted by Gasteiger charge is 2.35. The highest BCUT2D eigenvalue weighted by atomic mass is 19.4. The minimum Gasteiger partial charge on any atom is -0.322 e. The second-order valence-electron chi connectivity index (χ2n) is 4.73. The Kier molecular flexibility index (Phi) is 5.07. The van der Waals surface area contributed by atoms with Gasteiger partial charge in [0.1, 0.15) is 6.54 Å². The molecule has 1 aromatic heterocycles. The Balaban J connectivity index is 2.34. The van der Waals surface area contributed by atoms with Crippen molar-refractivity contribution < 1.29 is 22.9 Å². The molecule has 0 unspecified atom stereocenters. The topological polar surface area (TPSA) is 89.2 Å². The van der Waals surface area contributed by atoms with Gasteiger partial charge in [-0.3, -0.25) is 14.9 Å². The molecule has 0 fully saturated rings. The minimum atomic E-state index is -4.67. The quantitative estimate of drug-likeness (QED) is 0.616. The van der Waals surface area contributed by atoms with E-state index in [0.717, 1.165) is 6.07 Å². The molecule has 0 aliphatic carbocycles. The van der Waals surface area contributed by atoms with Crippen LogP contribution in [0.25, 0.3) is 0 Å². The van der Waals surface area contributed by atoms with Crippen molar-refractivity contribution in [3.05, 3.63) is 64.2 Å². The van der Waals surface area contributed by atoms with Gasteiger partial charge >= 0.3 is 6.18 Å². The van der Waals surface area contributed by atoms with E-state index >= 15 is 0 Å². The van der Waals surface area contributed by atoms with Gasteiger partial charge in [0.05, 0.1) is 11.5 Å². The number of aromatic nitrogens is 2. The SMILES string of the molecule is O=C(c1ncccn1)N(Cc1ccccc1[N+](=O)[O-])CC(F)(F)F. The zero-order chi connectivity index (χ0) is 17.7. The molecule has 0 spiro atoms. The molecule has 0 aliphatic rings. The van der Waals surface area contributed by atoms with Gasteiger partial charge in [-0.25, -0.2) is 9.97 Å². The number of nitro benzene ring substituents is 1. The Morgan fingerprint density at radius 1 is 1.17 bits per heavy atom. The molecular formula is C14H11F3N4O3. The number of amides is 1. The summed E-state index contributed by atoms with van der Waals surface area (Å²) < 4.78 is 38.3. The van der Waals surface area contributed by atoms with Crippen LogP contribution in [0.3, 0.4) is 0 Å². The van der Waals surface area contributed by atoms with Crippen molar-refractivity contribution in [3.8, 4) is 0 Å². The summed E-state index contributed by atoms with van der Waals surface area (Å²) in [4.78, 5) is 30.2. The van der Waals surface area contributed by atoms with Gasteiger partial charge in [-0.15, -0.1) is 0 Å². The summed E-state index contributed by atoms with van der Waals surface area (Å²) in [6, 6.07) is 6.69. The zero-order valence-corrected chi connectivity index (χ0v) is 12.1. The highest BCUT2D eigenvalue weighted by Crippen LogP contribution is 2.23. The second kappa shape index (κ2) is 7.02. The number of alkyl halides is 3. The molecule has 0 radical (unpaired) electrons. The van der Waals surface area contributed by atoms with E-state index in [2.05, 4.69) is 9.97 Å². The third-order valence-electron chi connectivity index (χ3n) is 2.96. The van der Waals surface area contributed by atoms with Gasteiger partial charge in [-0.05, 0) is 6.07 Å². The maximum Gasteiger partial charge on any atom is 0.406 e. The van der Waals surface area contributed by atoms with E-state index in [4.69, 9.17) is 0 Å². The summed E-state index contributed by atoms with van der Waals surface area (Å²) in [7, 11) is 0. The smallest absolute Gasteiger partial charge is 0.322 e. The van der Waals surface area contributed by atoms with Gasteiger partial charge in [-0.1, -0.05) is 18.2 Å². The normalized spacial score (nSPS) is 11.1. The highest BCUT2D eigenvalue weighted by molar-refractivity contribution is 5.90. The van der Waals surface area contributed by atoms with Crippen LogP contribution in [-0.4, -0.2) is 38.4 Å². The van der Waals surface area contributed by atoms with Crippen LogP contribution in [0.4, 0.5) is 18.9 Å². The number of rotatable bonds is 5. The molecule has 0 atom stereocenters. The molecule has 0 saturated heterocycles. The Morgan fingerprint density at radius 3 is 2.38 bits per heavy atom. The summed E-state index contributed by atoms with van der Waals surface area (Å²) in [6.45, 7) is -2.16. The maximum absolute atomic E-state index is 12.8. The lowest BCUT2D eigenvalue weighted by Gasteiger charge is -2.23. The summed E-state index contributed by atoms with van der Waals surface area (Å²) in [5, 5.41) is 11.0. The fourth-order valence-corrected chi connectivity index (χ4v) is 2.00. The third kappa shape index (κ3) is 4.48. The Morgan fingerprint density at radius 2 is 1.79 bits per heavy atom. The average Bonchev–Trinajstić information content (AvgIpc) is 2.53. The number of benzene rings is 1. The fourth-order valence-electron chi connectivity index (χ4n) is 2.00. The first kappa shape index (κ1) is 17.3. The first-order valence-corrected chi connectivity index (χ1v) is 6.63. The first-order valence-electron chi connectivity index (χ1n) is 6.63. The van der Waals surface area contributed by atoms with E-state index in [0.29, 0.717) is 4.90 Å². The molecular weight excluding hydrogens is 329 g/mol. The van der Waals surface area contributed by atoms with Crippen LogP contribution in [0.1, 0.15) is 16.2 Å². The molecule has 24 heavy (non-hydrogen) atoms. The maximum atomic E-state index is 12.8. The Hall–Kier alpha value is -3.04. The van der Waals surface area contributed by atoms with Crippen LogP contribution in [0, 0.1) is 10.1 Å². The lowest BCUT2D eigenvalue weighted by molar-refractivity contribution is -0.385. The van der Waals surface area contributed by atoms with Gasteiger partial charge < -0.3 is 4.90 Å². The van der Waals surface area contributed by atoms with Crippen molar-refractivity contribution in [2.75, 3.05) is 6.54 Å². The van der Waals surface area contributed by atoms with Crippen molar-refractivity contribution in [2.45, 2.75) is 12.7 Å². The van der Waals surface area contributed by atoms with Crippen molar-refractivity contribution >= 4 is 11.6 Å². The van der Waals surface area contributed by atoms with E-state index in [1.807, 2.05) is 0 Å². The fraction of sp³-hybridized carbons (Fsp3) is 0.214. The van der Waals surface area contributed by atoms with E-state index in [-0.39, 0.29) is 11.3 Å². The number of carbonyl (C=O) groups excluding carboxylic acids is 1. The van der Waals surface area contributed by atoms with Crippen LogP contribution in [0.15, 0.2) is 42.7 Å². The molecule has 1 amide bonds. The molecule has 126 valence electrons. The van der Waals surface area contributed by atoms with Gasteiger partial charge in [0.25, 0.3) is 11.6 Å². The minimum absolute atomic E-state index is 0.0176. The molecule has 2 rings (SSSR count). The van der Waals surface area contributed by atoms with Crippen molar-refractivity contribution in [1.82, 2.24) is 14.9 Å². The zero-order valence-electron chi connectivity index (χ0n) is 12.1. The largest absolute Gasteiger partial charge is 0.406 e. The van der Waals surface area contributed by atoms with Crippen LogP contribution in [0.2, 0.25) is 0 Å². The molecule has 0 bridgehead atoms. The van der Waals surface area contributed by atoms with Crippen LogP contribution >= 0.6 is 0 Å². The summed E-state index contributed by atoms with van der Waals surface area (Å²) in [5.74, 6) is -1.48. The molecule has 0 aliphatic heterocycles. The molecule has 1 aromatic carbocycles. The second-order valence-corrected chi connectivity index (χ2v) is 4.73. The molecule has 0 saturated carbocycles. The monoisotopic (exact) mass is 340 g/mol. The number of nitro groups is 1. The van der Waals surface area contributed by atoms with E-state index in [1.54, 1.807) is 0 Å². The number of halogens is 3. The molecule has 0 N–H and O–H groups in total. The lowest BCUT2D eigenvalue weighted by atomic mass is 10.1. The molecule has 7 nitrogen and oxygen atoms in total. The number of carbonyl (C=O) groups is 1. The number of nitrogens with zero attached hydrogens (tertiary/aromatic N) is 4. The number of hydrogen-bond acceptors (Lipinski definition) is 5. The van der Waals surface area contributed by atoms with E-state index in [9.17, 15) is 28.1 Å². The van der Waals surface area contributed by atoms with Crippen LogP contribution in [0.5, 0.6) is 0 Å². The van der Waals surface area contributed by atoms with Gasteiger partial charge in [0.2, 0.25) is 5.82 Å². The predicted molar refractivity (Wildman–Crippen MR) is 75.9 cm³/mol. The summed E-state index contributed by atoms with van der Waals surface area (Å²) in [5.41, 5.74) is -0.387. The van der Waals surface area contributed by atoms with Gasteiger partial charge in [0, 0.05) is 24.0 Å². The standard InChI is InChI=1S/C14H11F3N4O3/c15-14(16,17)9-20(13(22)12-18-6-3-7-19-12)8-10-4-1-2-5-11(10)21(23)24/h1-7H,8-9H2. The predicted octanol–water partition coefficient (Wildman–Crippen LogP) is 2.59. The number of hydrogen-bond donors (Lipinski definition) is 0. The summed E-state index contributed by atoms with van der Waals surface area (Å²) in [6.07, 6.45) is -2.23.